The first-order chi connectivity index (χ1) is 13.2. The van der Waals surface area contributed by atoms with E-state index in [2.05, 4.69) is 37.9 Å². The van der Waals surface area contributed by atoms with Crippen molar-refractivity contribution in [3.63, 3.8) is 0 Å². The molecule has 2 saturated heterocycles. The van der Waals surface area contributed by atoms with E-state index >= 15 is 0 Å². The zero-order valence-electron chi connectivity index (χ0n) is 18.1. The Bertz CT molecular complexity index is 703. The van der Waals surface area contributed by atoms with Crippen molar-refractivity contribution in [1.82, 2.24) is 14.7 Å². The second kappa shape index (κ2) is 8.24. The van der Waals surface area contributed by atoms with Gasteiger partial charge in [0.1, 0.15) is 0 Å². The quantitative estimate of drug-likeness (QED) is 0.802. The molecule has 28 heavy (non-hydrogen) atoms. The zero-order chi connectivity index (χ0) is 20.5. The molecule has 0 aliphatic carbocycles. The molecule has 0 saturated carbocycles. The third-order valence-electron chi connectivity index (χ3n) is 6.75. The average molecular weight is 386 g/mol. The number of likely N-dealkylation sites (tertiary alicyclic amines) is 2. The van der Waals surface area contributed by atoms with Crippen LogP contribution in [0, 0.1) is 5.41 Å². The maximum Gasteiger partial charge on any atom is 0.253 e. The number of benzene rings is 1. The van der Waals surface area contributed by atoms with Crippen LogP contribution >= 0.6 is 0 Å². The smallest absolute Gasteiger partial charge is 0.253 e. The number of hydrogen-bond donors (Lipinski definition) is 0. The van der Waals surface area contributed by atoms with Gasteiger partial charge in [0, 0.05) is 32.7 Å². The molecule has 3 rings (SSSR count). The molecule has 0 aromatic heterocycles. The van der Waals surface area contributed by atoms with Crippen molar-refractivity contribution in [3.05, 3.63) is 35.4 Å². The predicted molar refractivity (Wildman–Crippen MR) is 112 cm³/mol. The lowest BCUT2D eigenvalue weighted by Crippen LogP contribution is -2.61. The summed E-state index contributed by atoms with van der Waals surface area (Å²) in [5, 5.41) is 0. The second-order valence-corrected chi connectivity index (χ2v) is 9.15. The molecule has 2 aliphatic heterocycles. The predicted octanol–water partition coefficient (Wildman–Crippen LogP) is 3.21. The van der Waals surface area contributed by atoms with E-state index in [0.717, 1.165) is 50.9 Å². The minimum atomic E-state index is -0.0705. The molecule has 0 bridgehead atoms. The number of piperidine rings is 2. The van der Waals surface area contributed by atoms with Crippen LogP contribution in [-0.2, 0) is 4.79 Å². The number of hydrogen-bond acceptors (Lipinski definition) is 3. The normalized spacial score (nSPS) is 22.5. The van der Waals surface area contributed by atoms with Crippen LogP contribution in [0.1, 0.15) is 61.4 Å². The average Bonchev–Trinajstić information content (AvgIpc) is 2.68. The van der Waals surface area contributed by atoms with Gasteiger partial charge < -0.3 is 9.80 Å². The summed E-state index contributed by atoms with van der Waals surface area (Å²) in [5.41, 5.74) is 2.01. The minimum absolute atomic E-state index is 0.00731. The lowest BCUT2D eigenvalue weighted by atomic mass is 9.66. The molecule has 1 unspecified atom stereocenters. The van der Waals surface area contributed by atoms with Gasteiger partial charge in [-0.2, -0.15) is 0 Å². The van der Waals surface area contributed by atoms with Crippen molar-refractivity contribution < 1.29 is 9.59 Å². The first-order valence-electron chi connectivity index (χ1n) is 10.6. The summed E-state index contributed by atoms with van der Waals surface area (Å²) in [6.07, 6.45) is 4.00. The summed E-state index contributed by atoms with van der Waals surface area (Å²) in [4.78, 5) is 31.8. The molecular formula is C23H35N3O2. The maximum absolute atomic E-state index is 13.0. The van der Waals surface area contributed by atoms with Crippen LogP contribution in [0.15, 0.2) is 24.3 Å². The van der Waals surface area contributed by atoms with E-state index in [1.54, 1.807) is 4.90 Å². The summed E-state index contributed by atoms with van der Waals surface area (Å²) >= 11 is 0. The largest absolute Gasteiger partial charge is 0.347 e. The molecule has 1 atom stereocenters. The Morgan fingerprint density at radius 2 is 1.64 bits per heavy atom. The maximum atomic E-state index is 13.0. The number of carbonyl (C=O) groups excluding carboxylic acids is 2. The fraction of sp³-hybridized carbons (Fsp3) is 0.652. The van der Waals surface area contributed by atoms with Crippen LogP contribution in [0.2, 0.25) is 0 Å². The topological polar surface area (TPSA) is 43.9 Å². The zero-order valence-corrected chi connectivity index (χ0v) is 18.1. The number of likely N-dealkylation sites (N-methyl/N-ethyl adjacent to an activating group) is 2. The van der Waals surface area contributed by atoms with Gasteiger partial charge in [0.25, 0.3) is 5.91 Å². The van der Waals surface area contributed by atoms with E-state index in [1.165, 1.54) is 5.56 Å². The molecule has 154 valence electrons. The highest BCUT2D eigenvalue weighted by Crippen LogP contribution is 2.44. The SMILES string of the molecule is CC(C)c1ccc(C(=O)N2CCC3(CCCN(C)C3C(=O)N(C)C)CC2)cc1. The molecule has 2 fully saturated rings. The third-order valence-corrected chi connectivity index (χ3v) is 6.75. The van der Waals surface area contributed by atoms with E-state index in [1.807, 2.05) is 31.1 Å². The van der Waals surface area contributed by atoms with Crippen LogP contribution in [0.5, 0.6) is 0 Å². The Hall–Kier alpha value is -1.88. The Balaban J connectivity index is 1.71. The van der Waals surface area contributed by atoms with Crippen molar-refractivity contribution in [3.8, 4) is 0 Å². The summed E-state index contributed by atoms with van der Waals surface area (Å²) in [6.45, 7) is 6.75. The van der Waals surface area contributed by atoms with Gasteiger partial charge in [-0.05, 0) is 68.3 Å². The first-order valence-corrected chi connectivity index (χ1v) is 10.6. The third kappa shape index (κ3) is 3.95. The monoisotopic (exact) mass is 385 g/mol. The lowest BCUT2D eigenvalue weighted by molar-refractivity contribution is -0.144. The van der Waals surface area contributed by atoms with Crippen molar-refractivity contribution in [2.24, 2.45) is 5.41 Å². The van der Waals surface area contributed by atoms with E-state index in [0.29, 0.717) is 5.92 Å². The van der Waals surface area contributed by atoms with Crippen molar-refractivity contribution >= 4 is 11.8 Å². The highest BCUT2D eigenvalue weighted by Gasteiger charge is 2.49. The molecule has 0 radical (unpaired) electrons. The number of rotatable bonds is 3. The van der Waals surface area contributed by atoms with Crippen LogP contribution < -0.4 is 0 Å². The number of carbonyl (C=O) groups is 2. The molecular weight excluding hydrogens is 350 g/mol. The van der Waals surface area contributed by atoms with Crippen molar-refractivity contribution in [2.45, 2.75) is 51.5 Å². The van der Waals surface area contributed by atoms with Gasteiger partial charge in [0.05, 0.1) is 6.04 Å². The van der Waals surface area contributed by atoms with Gasteiger partial charge in [-0.3, -0.25) is 14.5 Å². The van der Waals surface area contributed by atoms with Crippen LogP contribution in [-0.4, -0.2) is 73.3 Å². The van der Waals surface area contributed by atoms with Gasteiger partial charge in [-0.25, -0.2) is 0 Å². The highest BCUT2D eigenvalue weighted by atomic mass is 16.2. The molecule has 5 heteroatoms. The highest BCUT2D eigenvalue weighted by molar-refractivity contribution is 5.94. The van der Waals surface area contributed by atoms with Crippen LogP contribution in [0.3, 0.4) is 0 Å². The molecule has 5 nitrogen and oxygen atoms in total. The van der Waals surface area contributed by atoms with Crippen LogP contribution in [0.25, 0.3) is 0 Å². The van der Waals surface area contributed by atoms with Crippen molar-refractivity contribution in [1.29, 1.82) is 0 Å². The Morgan fingerprint density at radius 3 is 2.18 bits per heavy atom. The van der Waals surface area contributed by atoms with Gasteiger partial charge in [0.15, 0.2) is 0 Å². The second-order valence-electron chi connectivity index (χ2n) is 9.15. The van der Waals surface area contributed by atoms with E-state index in [9.17, 15) is 9.59 Å². The summed E-state index contributed by atoms with van der Waals surface area (Å²) in [6, 6.07) is 7.96. The summed E-state index contributed by atoms with van der Waals surface area (Å²) in [7, 11) is 5.76. The van der Waals surface area contributed by atoms with Gasteiger partial charge in [0.2, 0.25) is 5.91 Å². The van der Waals surface area contributed by atoms with Gasteiger partial charge in [-0.15, -0.1) is 0 Å². The number of nitrogens with zero attached hydrogens (tertiary/aromatic N) is 3. The van der Waals surface area contributed by atoms with Crippen LogP contribution in [0.4, 0.5) is 0 Å². The molecule has 1 aromatic carbocycles. The van der Waals surface area contributed by atoms with E-state index in [-0.39, 0.29) is 23.3 Å². The minimum Gasteiger partial charge on any atom is -0.347 e. The lowest BCUT2D eigenvalue weighted by Gasteiger charge is -2.52. The molecule has 2 amide bonds. The Labute approximate surface area is 169 Å². The number of amides is 2. The fourth-order valence-electron chi connectivity index (χ4n) is 4.98. The molecule has 1 aromatic rings. The fourth-order valence-corrected chi connectivity index (χ4v) is 4.98. The van der Waals surface area contributed by atoms with Gasteiger partial charge >= 0.3 is 0 Å². The first kappa shape index (κ1) is 20.8. The standard InChI is InChI=1S/C23H35N3O2/c1-17(2)18-7-9-19(10-8-18)21(27)26-15-12-23(13-16-26)11-6-14-25(5)20(23)22(28)24(3)4/h7-10,17,20H,6,11-16H2,1-5H3. The van der Waals surface area contributed by atoms with E-state index < -0.39 is 0 Å². The molecule has 0 N–H and O–H groups in total. The molecule has 2 heterocycles. The summed E-state index contributed by atoms with van der Waals surface area (Å²) < 4.78 is 0. The molecule has 1 spiro atoms. The Morgan fingerprint density at radius 1 is 1.04 bits per heavy atom. The molecule has 2 aliphatic rings. The Kier molecular flexibility index (Phi) is 6.13. The van der Waals surface area contributed by atoms with Crippen molar-refractivity contribution in [2.75, 3.05) is 40.8 Å². The van der Waals surface area contributed by atoms with Gasteiger partial charge in [-0.1, -0.05) is 26.0 Å². The van der Waals surface area contributed by atoms with E-state index in [4.69, 9.17) is 0 Å². The summed E-state index contributed by atoms with van der Waals surface area (Å²) in [5.74, 6) is 0.782.